The van der Waals surface area contributed by atoms with Crippen molar-refractivity contribution in [3.05, 3.63) is 64.1 Å². The smallest absolute Gasteiger partial charge is 0.264 e. The molecule has 7 heteroatoms. The number of hydrogen-bond donors (Lipinski definition) is 2. The first-order valence-electron chi connectivity index (χ1n) is 7.54. The Morgan fingerprint density at radius 1 is 1.12 bits per heavy atom. The van der Waals surface area contributed by atoms with Gasteiger partial charge in [0.2, 0.25) is 5.91 Å². The van der Waals surface area contributed by atoms with Crippen molar-refractivity contribution < 1.29 is 19.5 Å². The second-order valence-corrected chi connectivity index (χ2v) is 6.76. The number of hydrogen-bond acceptors (Lipinski definition) is 4. The van der Waals surface area contributed by atoms with Crippen LogP contribution in [0.4, 0.5) is 5.69 Å². The molecule has 1 unspecified atom stereocenters. The van der Waals surface area contributed by atoms with E-state index in [2.05, 4.69) is 15.9 Å². The fourth-order valence-corrected chi connectivity index (χ4v) is 3.22. The Morgan fingerprint density at radius 2 is 1.76 bits per heavy atom. The monoisotopic (exact) mass is 402 g/mol. The van der Waals surface area contributed by atoms with Crippen LogP contribution in [0, 0.1) is 0 Å². The fraction of sp³-hybridized carbons (Fsp3) is 0.167. The highest BCUT2D eigenvalue weighted by molar-refractivity contribution is 9.10. The van der Waals surface area contributed by atoms with E-state index in [1.165, 1.54) is 0 Å². The zero-order chi connectivity index (χ0) is 18.2. The lowest BCUT2D eigenvalue weighted by molar-refractivity contribution is -0.136. The number of benzene rings is 2. The van der Waals surface area contributed by atoms with E-state index >= 15 is 0 Å². The SMILES string of the molecule is NC(=O)CN1C(=O)C(O)(CC(=O)c2ccc(Br)cc2)c2ccccc21. The minimum absolute atomic E-state index is 0.298. The molecule has 1 aliphatic heterocycles. The molecular weight excluding hydrogens is 388 g/mol. The molecule has 2 aromatic rings. The van der Waals surface area contributed by atoms with Gasteiger partial charge in [-0.2, -0.15) is 0 Å². The average Bonchev–Trinajstić information content (AvgIpc) is 2.77. The molecule has 0 fully saturated rings. The maximum atomic E-state index is 12.7. The van der Waals surface area contributed by atoms with Crippen LogP contribution in [0.2, 0.25) is 0 Å². The number of amides is 2. The first kappa shape index (κ1) is 17.3. The third-order valence-electron chi connectivity index (χ3n) is 4.14. The van der Waals surface area contributed by atoms with E-state index in [4.69, 9.17) is 5.73 Å². The van der Waals surface area contributed by atoms with Gasteiger partial charge in [0.15, 0.2) is 11.4 Å². The van der Waals surface area contributed by atoms with Gasteiger partial charge in [0.05, 0.1) is 12.1 Å². The summed E-state index contributed by atoms with van der Waals surface area (Å²) in [4.78, 5) is 37.7. The normalized spacial score (nSPS) is 19.0. The summed E-state index contributed by atoms with van der Waals surface area (Å²) >= 11 is 3.29. The number of ketones is 1. The van der Waals surface area contributed by atoms with E-state index in [-0.39, 0.29) is 12.3 Å². The van der Waals surface area contributed by atoms with Crippen molar-refractivity contribution in [3.63, 3.8) is 0 Å². The Bertz CT molecular complexity index is 866. The highest BCUT2D eigenvalue weighted by atomic mass is 79.9. The molecule has 6 nitrogen and oxygen atoms in total. The quantitative estimate of drug-likeness (QED) is 0.743. The van der Waals surface area contributed by atoms with Gasteiger partial charge < -0.3 is 10.8 Å². The van der Waals surface area contributed by atoms with Gasteiger partial charge in [0.25, 0.3) is 5.91 Å². The summed E-state index contributed by atoms with van der Waals surface area (Å²) in [5, 5.41) is 11.0. The molecule has 128 valence electrons. The van der Waals surface area contributed by atoms with Crippen molar-refractivity contribution in [2.75, 3.05) is 11.4 Å². The number of aliphatic hydroxyl groups is 1. The van der Waals surface area contributed by atoms with E-state index in [0.29, 0.717) is 16.8 Å². The van der Waals surface area contributed by atoms with Gasteiger partial charge in [-0.05, 0) is 18.2 Å². The third kappa shape index (κ3) is 3.08. The summed E-state index contributed by atoms with van der Waals surface area (Å²) < 4.78 is 0.817. The zero-order valence-corrected chi connectivity index (χ0v) is 14.7. The van der Waals surface area contributed by atoms with Crippen molar-refractivity contribution >= 4 is 39.2 Å². The Balaban J connectivity index is 1.96. The molecule has 0 saturated heterocycles. The van der Waals surface area contributed by atoms with Crippen molar-refractivity contribution in [2.45, 2.75) is 12.0 Å². The van der Waals surface area contributed by atoms with Crippen LogP contribution in [-0.4, -0.2) is 29.2 Å². The number of anilines is 1. The van der Waals surface area contributed by atoms with Crippen LogP contribution >= 0.6 is 15.9 Å². The number of rotatable bonds is 5. The number of nitrogens with zero attached hydrogens (tertiary/aromatic N) is 1. The van der Waals surface area contributed by atoms with E-state index in [9.17, 15) is 19.5 Å². The molecule has 0 aromatic heterocycles. The average molecular weight is 403 g/mol. The number of carbonyl (C=O) groups is 3. The molecule has 0 spiro atoms. The van der Waals surface area contributed by atoms with E-state index in [1.807, 2.05) is 0 Å². The molecule has 2 aromatic carbocycles. The summed E-state index contributed by atoms with van der Waals surface area (Å²) in [7, 11) is 0. The molecule has 0 radical (unpaired) electrons. The van der Waals surface area contributed by atoms with Crippen LogP contribution < -0.4 is 10.6 Å². The minimum atomic E-state index is -2.02. The number of Topliss-reactive ketones (excluding diaryl/α,β-unsaturated/α-hetero) is 1. The number of para-hydroxylation sites is 1. The van der Waals surface area contributed by atoms with Crippen molar-refractivity contribution in [2.24, 2.45) is 5.73 Å². The Labute approximate surface area is 152 Å². The van der Waals surface area contributed by atoms with E-state index in [1.54, 1.807) is 48.5 Å². The summed E-state index contributed by atoms with van der Waals surface area (Å²) in [6.07, 6.45) is -0.417. The predicted octanol–water partition coefficient (Wildman–Crippen LogP) is 1.74. The largest absolute Gasteiger partial charge is 0.375 e. The molecule has 0 aliphatic carbocycles. The summed E-state index contributed by atoms with van der Waals surface area (Å²) in [6.45, 7) is -0.357. The van der Waals surface area contributed by atoms with Gasteiger partial charge in [-0.1, -0.05) is 46.3 Å². The van der Waals surface area contributed by atoms with Crippen molar-refractivity contribution in [1.29, 1.82) is 0 Å². The van der Waals surface area contributed by atoms with E-state index in [0.717, 1.165) is 9.37 Å². The Kier molecular flexibility index (Phi) is 4.45. The number of nitrogens with two attached hydrogens (primary N) is 1. The van der Waals surface area contributed by atoms with Gasteiger partial charge in [-0.15, -0.1) is 0 Å². The lowest BCUT2D eigenvalue weighted by Gasteiger charge is -2.22. The molecule has 1 aliphatic rings. The van der Waals surface area contributed by atoms with Crippen LogP contribution in [0.15, 0.2) is 53.0 Å². The van der Waals surface area contributed by atoms with Crippen LogP contribution in [0.25, 0.3) is 0 Å². The Hall–Kier alpha value is -2.51. The van der Waals surface area contributed by atoms with Crippen molar-refractivity contribution in [3.8, 4) is 0 Å². The zero-order valence-electron chi connectivity index (χ0n) is 13.1. The van der Waals surface area contributed by atoms with Crippen molar-refractivity contribution in [1.82, 2.24) is 0 Å². The molecule has 3 N–H and O–H groups in total. The molecule has 0 saturated carbocycles. The van der Waals surface area contributed by atoms with Gasteiger partial charge in [0.1, 0.15) is 6.54 Å². The lowest BCUT2D eigenvalue weighted by Crippen LogP contribution is -2.44. The predicted molar refractivity (Wildman–Crippen MR) is 95.0 cm³/mol. The van der Waals surface area contributed by atoms with Crippen LogP contribution in [-0.2, 0) is 15.2 Å². The maximum Gasteiger partial charge on any atom is 0.264 e. The second-order valence-electron chi connectivity index (χ2n) is 5.84. The van der Waals surface area contributed by atoms with Crippen LogP contribution in [0.1, 0.15) is 22.3 Å². The topological polar surface area (TPSA) is 101 Å². The lowest BCUT2D eigenvalue weighted by atomic mass is 9.88. The number of primary amides is 1. The number of carbonyl (C=O) groups excluding carboxylic acids is 3. The van der Waals surface area contributed by atoms with Crippen LogP contribution in [0.3, 0.4) is 0 Å². The molecular formula is C18H15BrN2O4. The molecule has 3 rings (SSSR count). The first-order chi connectivity index (χ1) is 11.8. The molecule has 1 atom stereocenters. The summed E-state index contributed by atoms with van der Waals surface area (Å²) in [6, 6.07) is 13.2. The highest BCUT2D eigenvalue weighted by Crippen LogP contribution is 2.42. The van der Waals surface area contributed by atoms with Gasteiger partial charge in [0, 0.05) is 15.6 Å². The summed E-state index contributed by atoms with van der Waals surface area (Å²) in [5.74, 6) is -1.80. The first-order valence-corrected chi connectivity index (χ1v) is 8.33. The molecule has 2 amide bonds. The maximum absolute atomic E-state index is 12.7. The minimum Gasteiger partial charge on any atom is -0.375 e. The second kappa shape index (κ2) is 6.42. The molecule has 1 heterocycles. The van der Waals surface area contributed by atoms with E-state index < -0.39 is 23.8 Å². The molecule has 0 bridgehead atoms. The van der Waals surface area contributed by atoms with Crippen LogP contribution in [0.5, 0.6) is 0 Å². The standard InChI is InChI=1S/C18H15BrN2O4/c19-12-7-5-11(6-8-12)15(22)9-18(25)13-3-1-2-4-14(13)21(17(18)24)10-16(20)23/h1-8,25H,9-10H2,(H2,20,23). The third-order valence-corrected chi connectivity index (χ3v) is 4.66. The van der Waals surface area contributed by atoms with Gasteiger partial charge >= 0.3 is 0 Å². The Morgan fingerprint density at radius 3 is 2.40 bits per heavy atom. The fourth-order valence-electron chi connectivity index (χ4n) is 2.96. The number of fused-ring (bicyclic) bond motifs is 1. The van der Waals surface area contributed by atoms with Gasteiger partial charge in [-0.25, -0.2) is 0 Å². The number of halogens is 1. The molecule has 25 heavy (non-hydrogen) atoms. The highest BCUT2D eigenvalue weighted by Gasteiger charge is 2.51. The van der Waals surface area contributed by atoms with Gasteiger partial charge in [-0.3, -0.25) is 19.3 Å². The summed E-state index contributed by atoms with van der Waals surface area (Å²) in [5.41, 5.74) is 4.25.